The fourth-order valence-corrected chi connectivity index (χ4v) is 3.27. The van der Waals surface area contributed by atoms with Crippen molar-refractivity contribution in [2.45, 2.75) is 12.5 Å². The van der Waals surface area contributed by atoms with E-state index in [9.17, 15) is 9.50 Å². The Bertz CT molecular complexity index is 686. The zero-order chi connectivity index (χ0) is 19.1. The average Bonchev–Trinajstić information content (AvgIpc) is 2.69. The van der Waals surface area contributed by atoms with E-state index in [1.165, 1.54) is 17.8 Å². The van der Waals surface area contributed by atoms with Crippen LogP contribution in [-0.2, 0) is 6.42 Å². The van der Waals surface area contributed by atoms with Crippen LogP contribution in [0.5, 0.6) is 5.75 Å². The van der Waals surface area contributed by atoms with Crippen molar-refractivity contribution in [3.05, 3.63) is 59.9 Å². The summed E-state index contributed by atoms with van der Waals surface area (Å²) in [6.07, 6.45) is 0.103. The minimum Gasteiger partial charge on any atom is -0.491 e. The van der Waals surface area contributed by atoms with Gasteiger partial charge in [-0.1, -0.05) is 12.1 Å². The number of aliphatic hydroxyl groups excluding tert-OH is 2. The predicted molar refractivity (Wildman–Crippen MR) is 104 cm³/mol. The number of benzene rings is 2. The summed E-state index contributed by atoms with van der Waals surface area (Å²) >= 11 is 0. The molecule has 0 bridgehead atoms. The zero-order valence-corrected chi connectivity index (χ0v) is 15.4. The van der Waals surface area contributed by atoms with Gasteiger partial charge in [0.15, 0.2) is 0 Å². The normalized spacial score (nSPS) is 16.3. The van der Waals surface area contributed by atoms with Crippen molar-refractivity contribution in [3.8, 4) is 5.75 Å². The van der Waals surface area contributed by atoms with E-state index in [4.69, 9.17) is 9.84 Å². The summed E-state index contributed by atoms with van der Waals surface area (Å²) < 4.78 is 18.4. The first-order valence-electron chi connectivity index (χ1n) is 9.37. The maximum Gasteiger partial charge on any atom is 0.123 e. The zero-order valence-electron chi connectivity index (χ0n) is 15.4. The van der Waals surface area contributed by atoms with Crippen LogP contribution in [0.3, 0.4) is 0 Å². The van der Waals surface area contributed by atoms with Crippen LogP contribution in [0.1, 0.15) is 5.56 Å². The van der Waals surface area contributed by atoms with E-state index in [-0.39, 0.29) is 19.0 Å². The molecule has 2 N–H and O–H groups in total. The largest absolute Gasteiger partial charge is 0.491 e. The van der Waals surface area contributed by atoms with Crippen molar-refractivity contribution in [2.24, 2.45) is 0 Å². The molecule has 0 radical (unpaired) electrons. The predicted octanol–water partition coefficient (Wildman–Crippen LogP) is 1.92. The first-order chi connectivity index (χ1) is 13.1. The Kier molecular flexibility index (Phi) is 7.04. The van der Waals surface area contributed by atoms with Gasteiger partial charge in [-0.15, -0.1) is 0 Å². The topological polar surface area (TPSA) is 56.2 Å². The van der Waals surface area contributed by atoms with Crippen LogP contribution in [0.15, 0.2) is 48.5 Å². The number of ether oxygens (including phenoxy) is 1. The summed E-state index contributed by atoms with van der Waals surface area (Å²) in [4.78, 5) is 4.57. The molecule has 2 aromatic rings. The molecule has 0 aromatic heterocycles. The summed E-state index contributed by atoms with van der Waals surface area (Å²) in [6.45, 7) is 4.50. The fraction of sp³-hybridized carbons (Fsp3) is 0.429. The lowest BCUT2D eigenvalue weighted by atomic mass is 10.1. The molecule has 146 valence electrons. The molecule has 27 heavy (non-hydrogen) atoms. The number of nitrogens with zero attached hydrogens (tertiary/aromatic N) is 2. The van der Waals surface area contributed by atoms with Gasteiger partial charge in [0.1, 0.15) is 24.3 Å². The van der Waals surface area contributed by atoms with Crippen molar-refractivity contribution in [3.63, 3.8) is 0 Å². The van der Waals surface area contributed by atoms with Crippen LogP contribution in [0, 0.1) is 5.82 Å². The third kappa shape index (κ3) is 5.92. The van der Waals surface area contributed by atoms with Gasteiger partial charge < -0.3 is 19.8 Å². The average molecular weight is 374 g/mol. The summed E-state index contributed by atoms with van der Waals surface area (Å²) in [5.41, 5.74) is 2.33. The molecule has 0 spiro atoms. The molecule has 1 fully saturated rings. The van der Waals surface area contributed by atoms with Crippen LogP contribution in [0.25, 0.3) is 0 Å². The van der Waals surface area contributed by atoms with E-state index in [2.05, 4.69) is 34.1 Å². The molecule has 1 aliphatic rings. The number of aliphatic hydroxyl groups is 2. The van der Waals surface area contributed by atoms with Crippen LogP contribution in [0.4, 0.5) is 10.1 Å². The third-order valence-electron chi connectivity index (χ3n) is 4.80. The van der Waals surface area contributed by atoms with Gasteiger partial charge in [0.25, 0.3) is 0 Å². The van der Waals surface area contributed by atoms with Crippen LogP contribution >= 0.6 is 0 Å². The van der Waals surface area contributed by atoms with Gasteiger partial charge in [0.2, 0.25) is 0 Å². The molecular weight excluding hydrogens is 347 g/mol. The van der Waals surface area contributed by atoms with E-state index in [1.54, 1.807) is 12.1 Å². The molecule has 0 aliphatic carbocycles. The van der Waals surface area contributed by atoms with Gasteiger partial charge in [0.05, 0.1) is 0 Å². The van der Waals surface area contributed by atoms with Crippen LogP contribution in [0.2, 0.25) is 0 Å². The highest BCUT2D eigenvalue weighted by Gasteiger charge is 2.19. The summed E-state index contributed by atoms with van der Waals surface area (Å²) in [5.74, 6) is 0.258. The second-order valence-electron chi connectivity index (χ2n) is 6.85. The molecule has 3 rings (SSSR count). The molecule has 1 atom stereocenters. The monoisotopic (exact) mass is 374 g/mol. The van der Waals surface area contributed by atoms with E-state index >= 15 is 0 Å². The van der Waals surface area contributed by atoms with Gasteiger partial charge in [-0.05, 0) is 48.4 Å². The summed E-state index contributed by atoms with van der Waals surface area (Å²) in [5, 5.41) is 19.2. The first kappa shape index (κ1) is 19.6. The Morgan fingerprint density at radius 2 is 1.63 bits per heavy atom. The van der Waals surface area contributed by atoms with Gasteiger partial charge in [-0.25, -0.2) is 4.39 Å². The van der Waals surface area contributed by atoms with Gasteiger partial charge in [-0.2, -0.15) is 0 Å². The van der Waals surface area contributed by atoms with Crippen molar-refractivity contribution in [2.75, 3.05) is 50.8 Å². The van der Waals surface area contributed by atoms with E-state index in [0.717, 1.165) is 31.7 Å². The van der Waals surface area contributed by atoms with Crippen LogP contribution < -0.4 is 9.64 Å². The van der Waals surface area contributed by atoms with Crippen molar-refractivity contribution in [1.29, 1.82) is 0 Å². The maximum absolute atomic E-state index is 12.9. The quantitative estimate of drug-likeness (QED) is 0.739. The Labute approximate surface area is 159 Å². The number of rotatable bonds is 8. The van der Waals surface area contributed by atoms with E-state index < -0.39 is 6.10 Å². The lowest BCUT2D eigenvalue weighted by Crippen LogP contribution is -2.49. The standard InChI is InChI=1S/C21H27FN2O3/c22-18-3-7-21(8-4-18)27-16-20(26)15-23-10-12-24(13-11-23)19-5-1-17(2-6-19)9-14-25/h1-8,20,25-26H,9-16H2/t20-/m0/s1. The van der Waals surface area contributed by atoms with Crippen molar-refractivity contribution < 1.29 is 19.3 Å². The van der Waals surface area contributed by atoms with Gasteiger partial charge >= 0.3 is 0 Å². The van der Waals surface area contributed by atoms with Crippen molar-refractivity contribution in [1.82, 2.24) is 4.90 Å². The SMILES string of the molecule is OCCc1ccc(N2CCN(C[C@H](O)COc3ccc(F)cc3)CC2)cc1. The highest BCUT2D eigenvalue weighted by atomic mass is 19.1. The second-order valence-corrected chi connectivity index (χ2v) is 6.85. The second kappa shape index (κ2) is 9.69. The number of β-amino-alcohol motifs (C(OH)–C–C–N with tert-alkyl or cyclic N) is 1. The molecule has 1 saturated heterocycles. The summed E-state index contributed by atoms with van der Waals surface area (Å²) in [6, 6.07) is 14.1. The number of anilines is 1. The Hall–Kier alpha value is -2.15. The van der Waals surface area contributed by atoms with Crippen LogP contribution in [-0.4, -0.2) is 67.2 Å². The minimum absolute atomic E-state index is 0.172. The first-order valence-corrected chi connectivity index (χ1v) is 9.37. The number of hydrogen-bond donors (Lipinski definition) is 2. The van der Waals surface area contributed by atoms with E-state index in [0.29, 0.717) is 18.7 Å². The van der Waals surface area contributed by atoms with Gasteiger partial charge in [-0.3, -0.25) is 4.90 Å². The Balaban J connectivity index is 1.40. The highest BCUT2D eigenvalue weighted by molar-refractivity contribution is 5.48. The third-order valence-corrected chi connectivity index (χ3v) is 4.80. The number of piperazine rings is 1. The molecule has 2 aromatic carbocycles. The molecule has 1 aliphatic heterocycles. The Morgan fingerprint density at radius 3 is 2.26 bits per heavy atom. The molecule has 5 nitrogen and oxygen atoms in total. The van der Waals surface area contributed by atoms with E-state index in [1.807, 2.05) is 0 Å². The smallest absolute Gasteiger partial charge is 0.123 e. The maximum atomic E-state index is 12.9. The molecule has 0 unspecified atom stereocenters. The number of halogens is 1. The minimum atomic E-state index is -0.584. The lowest BCUT2D eigenvalue weighted by Gasteiger charge is -2.37. The molecule has 1 heterocycles. The fourth-order valence-electron chi connectivity index (χ4n) is 3.27. The molecule has 6 heteroatoms. The molecule has 0 saturated carbocycles. The van der Waals surface area contributed by atoms with Gasteiger partial charge in [0, 0.05) is 45.0 Å². The lowest BCUT2D eigenvalue weighted by molar-refractivity contribution is 0.0663. The molecular formula is C21H27FN2O3. The summed E-state index contributed by atoms with van der Waals surface area (Å²) in [7, 11) is 0. The Morgan fingerprint density at radius 1 is 0.963 bits per heavy atom. The number of hydrogen-bond acceptors (Lipinski definition) is 5. The van der Waals surface area contributed by atoms with Crippen molar-refractivity contribution >= 4 is 5.69 Å². The highest BCUT2D eigenvalue weighted by Crippen LogP contribution is 2.18. The molecule has 0 amide bonds.